The molecule has 1 aliphatic rings. The molecule has 0 aromatic carbocycles. The molecule has 17 heavy (non-hydrogen) atoms. The van der Waals surface area contributed by atoms with E-state index in [0.717, 1.165) is 29.5 Å². The summed E-state index contributed by atoms with van der Waals surface area (Å²) in [6.45, 7) is 7.68. The van der Waals surface area contributed by atoms with E-state index in [1.54, 1.807) is 6.20 Å². The zero-order valence-electron chi connectivity index (χ0n) is 11.1. The van der Waals surface area contributed by atoms with Gasteiger partial charge in [-0.25, -0.2) is 4.98 Å². The van der Waals surface area contributed by atoms with Gasteiger partial charge in [0.2, 0.25) is 0 Å². The number of nitrogens with one attached hydrogen (secondary N) is 1. The molecule has 0 saturated heterocycles. The summed E-state index contributed by atoms with van der Waals surface area (Å²) in [5.41, 5.74) is 7.96. The molecule has 1 aliphatic carbocycles. The third-order valence-electron chi connectivity index (χ3n) is 4.09. The lowest BCUT2D eigenvalue weighted by atomic mass is 9.67. The van der Waals surface area contributed by atoms with E-state index in [-0.39, 0.29) is 0 Å². The van der Waals surface area contributed by atoms with Gasteiger partial charge in [-0.15, -0.1) is 0 Å². The normalized spacial score (nSPS) is 16.6. The summed E-state index contributed by atoms with van der Waals surface area (Å²) < 4.78 is 0. The Kier molecular flexibility index (Phi) is 3.27. The average molecular weight is 233 g/mol. The van der Waals surface area contributed by atoms with Crippen LogP contribution in [0.2, 0.25) is 0 Å². The number of aryl methyl sites for hydroxylation is 1. The van der Waals surface area contributed by atoms with Crippen molar-refractivity contribution in [2.24, 2.45) is 11.3 Å². The molecule has 0 amide bonds. The first-order valence-corrected chi connectivity index (χ1v) is 6.45. The number of hydrogen-bond donors (Lipinski definition) is 2. The third-order valence-corrected chi connectivity index (χ3v) is 4.09. The first-order chi connectivity index (χ1) is 7.99. The molecule has 0 bridgehead atoms. The molecule has 0 aliphatic heterocycles. The molecule has 3 N–H and O–H groups in total. The van der Waals surface area contributed by atoms with Crippen LogP contribution in [0.15, 0.2) is 12.3 Å². The molecule has 1 fully saturated rings. The van der Waals surface area contributed by atoms with Gasteiger partial charge in [0.25, 0.3) is 0 Å². The second-order valence-electron chi connectivity index (χ2n) is 5.90. The fourth-order valence-electron chi connectivity index (χ4n) is 2.32. The van der Waals surface area contributed by atoms with Crippen molar-refractivity contribution in [3.8, 4) is 0 Å². The number of nitrogens with zero attached hydrogens (tertiary/aromatic N) is 1. The van der Waals surface area contributed by atoms with Crippen molar-refractivity contribution < 1.29 is 0 Å². The highest BCUT2D eigenvalue weighted by Crippen LogP contribution is 2.41. The molecule has 1 saturated carbocycles. The van der Waals surface area contributed by atoms with Gasteiger partial charge in [0, 0.05) is 6.54 Å². The Morgan fingerprint density at radius 1 is 1.47 bits per heavy atom. The summed E-state index contributed by atoms with van der Waals surface area (Å²) in [6.07, 6.45) is 5.88. The molecule has 3 heteroatoms. The van der Waals surface area contributed by atoms with Gasteiger partial charge in [-0.3, -0.25) is 0 Å². The van der Waals surface area contributed by atoms with E-state index in [4.69, 9.17) is 5.73 Å². The number of anilines is 2. The predicted octanol–water partition coefficient (Wildman–Crippen LogP) is 3.21. The zero-order valence-corrected chi connectivity index (χ0v) is 11.1. The highest BCUT2D eigenvalue weighted by atomic mass is 15.0. The molecule has 1 heterocycles. The number of nitrogens with two attached hydrogens (primary N) is 1. The maximum absolute atomic E-state index is 5.76. The van der Waals surface area contributed by atoms with Crippen molar-refractivity contribution >= 4 is 11.5 Å². The Labute approximate surface area is 104 Å². The third kappa shape index (κ3) is 2.71. The minimum Gasteiger partial charge on any atom is -0.397 e. The van der Waals surface area contributed by atoms with Crippen LogP contribution in [0.25, 0.3) is 0 Å². The minimum atomic E-state index is 0.356. The second kappa shape index (κ2) is 4.55. The average Bonchev–Trinajstić information content (AvgIpc) is 2.17. The van der Waals surface area contributed by atoms with Gasteiger partial charge in [-0.2, -0.15) is 0 Å². The van der Waals surface area contributed by atoms with E-state index in [2.05, 4.69) is 24.1 Å². The van der Waals surface area contributed by atoms with E-state index in [9.17, 15) is 0 Å². The summed E-state index contributed by atoms with van der Waals surface area (Å²) in [7, 11) is 0. The Morgan fingerprint density at radius 3 is 2.71 bits per heavy atom. The topological polar surface area (TPSA) is 50.9 Å². The number of pyridine rings is 1. The van der Waals surface area contributed by atoms with Crippen molar-refractivity contribution in [3.05, 3.63) is 17.8 Å². The van der Waals surface area contributed by atoms with E-state index in [1.165, 1.54) is 19.3 Å². The molecular formula is C14H23N3. The summed E-state index contributed by atoms with van der Waals surface area (Å²) in [6, 6.07) is 2.02. The molecule has 1 aromatic rings. The number of hydrogen-bond acceptors (Lipinski definition) is 3. The van der Waals surface area contributed by atoms with Gasteiger partial charge >= 0.3 is 0 Å². The lowest BCUT2D eigenvalue weighted by molar-refractivity contribution is 0.134. The predicted molar refractivity (Wildman–Crippen MR) is 73.0 cm³/mol. The minimum absolute atomic E-state index is 0.356. The largest absolute Gasteiger partial charge is 0.397 e. The highest BCUT2D eigenvalue weighted by molar-refractivity contribution is 5.50. The van der Waals surface area contributed by atoms with Gasteiger partial charge in [0.05, 0.1) is 11.9 Å². The smallest absolute Gasteiger partial charge is 0.126 e. The van der Waals surface area contributed by atoms with E-state index < -0.39 is 0 Å². The highest BCUT2D eigenvalue weighted by Gasteiger charge is 2.33. The maximum atomic E-state index is 5.76. The first kappa shape index (κ1) is 12.2. The molecule has 0 radical (unpaired) electrons. The summed E-state index contributed by atoms with van der Waals surface area (Å²) in [5, 5.41) is 3.44. The fourth-order valence-corrected chi connectivity index (χ4v) is 2.32. The van der Waals surface area contributed by atoms with Crippen LogP contribution < -0.4 is 11.1 Å². The van der Waals surface area contributed by atoms with E-state index in [0.29, 0.717) is 5.41 Å². The molecule has 0 unspecified atom stereocenters. The SMILES string of the molecule is Cc1cc(NCC(C)(C)C2CCC2)ncc1N. The number of nitrogen functional groups attached to an aromatic ring is 1. The zero-order chi connectivity index (χ0) is 12.5. The lowest BCUT2D eigenvalue weighted by Crippen LogP contribution is -2.35. The van der Waals surface area contributed by atoms with Crippen LogP contribution >= 0.6 is 0 Å². The summed E-state index contributed by atoms with van der Waals surface area (Å²) in [4.78, 5) is 4.31. The number of rotatable bonds is 4. The molecule has 2 rings (SSSR count). The van der Waals surface area contributed by atoms with Crippen LogP contribution in [0, 0.1) is 18.3 Å². The summed E-state index contributed by atoms with van der Waals surface area (Å²) >= 11 is 0. The monoisotopic (exact) mass is 233 g/mol. The molecule has 0 atom stereocenters. The van der Waals surface area contributed by atoms with E-state index in [1.807, 2.05) is 13.0 Å². The molecule has 1 aromatic heterocycles. The Morgan fingerprint density at radius 2 is 2.18 bits per heavy atom. The second-order valence-corrected chi connectivity index (χ2v) is 5.90. The molecule has 3 nitrogen and oxygen atoms in total. The van der Waals surface area contributed by atoms with Crippen LogP contribution in [0.5, 0.6) is 0 Å². The summed E-state index contributed by atoms with van der Waals surface area (Å²) in [5.74, 6) is 1.80. The van der Waals surface area contributed by atoms with Crippen LogP contribution in [0.3, 0.4) is 0 Å². The van der Waals surface area contributed by atoms with Crippen molar-refractivity contribution in [1.29, 1.82) is 0 Å². The Bertz CT molecular complexity index is 394. The molecule has 0 spiro atoms. The van der Waals surface area contributed by atoms with Gasteiger partial charge in [-0.05, 0) is 42.7 Å². The van der Waals surface area contributed by atoms with Gasteiger partial charge in [0.15, 0.2) is 0 Å². The quantitative estimate of drug-likeness (QED) is 0.839. The fraction of sp³-hybridized carbons (Fsp3) is 0.643. The van der Waals surface area contributed by atoms with Crippen molar-refractivity contribution in [2.75, 3.05) is 17.6 Å². The van der Waals surface area contributed by atoms with E-state index >= 15 is 0 Å². The maximum Gasteiger partial charge on any atom is 0.126 e. The van der Waals surface area contributed by atoms with Crippen LogP contribution in [-0.2, 0) is 0 Å². The van der Waals surface area contributed by atoms with Gasteiger partial charge in [-0.1, -0.05) is 20.3 Å². The van der Waals surface area contributed by atoms with Crippen LogP contribution in [-0.4, -0.2) is 11.5 Å². The molecular weight excluding hydrogens is 210 g/mol. The first-order valence-electron chi connectivity index (χ1n) is 6.45. The number of aromatic nitrogens is 1. The van der Waals surface area contributed by atoms with Crippen molar-refractivity contribution in [2.45, 2.75) is 40.0 Å². The lowest BCUT2D eigenvalue weighted by Gasteiger charge is -2.40. The Hall–Kier alpha value is -1.25. The molecule has 94 valence electrons. The van der Waals surface area contributed by atoms with Gasteiger partial charge in [0.1, 0.15) is 5.82 Å². The van der Waals surface area contributed by atoms with Crippen LogP contribution in [0.1, 0.15) is 38.7 Å². The Balaban J connectivity index is 1.94. The van der Waals surface area contributed by atoms with Crippen LogP contribution in [0.4, 0.5) is 11.5 Å². The van der Waals surface area contributed by atoms with Crippen molar-refractivity contribution in [3.63, 3.8) is 0 Å². The van der Waals surface area contributed by atoms with Crippen molar-refractivity contribution in [1.82, 2.24) is 4.98 Å². The van der Waals surface area contributed by atoms with Gasteiger partial charge < -0.3 is 11.1 Å². The standard InChI is InChI=1S/C14H23N3/c1-10-7-13(16-8-12(10)15)17-9-14(2,3)11-5-4-6-11/h7-8,11H,4-6,9,15H2,1-3H3,(H,16,17).